The lowest BCUT2D eigenvalue weighted by molar-refractivity contribution is 0.0466. The molecule has 0 aromatic heterocycles. The van der Waals surface area contributed by atoms with Gasteiger partial charge in [0.25, 0.3) is 0 Å². The molecule has 0 unspecified atom stereocenters. The zero-order chi connectivity index (χ0) is 16.8. The summed E-state index contributed by atoms with van der Waals surface area (Å²) in [5.74, 6) is 0.215. The first-order valence-corrected chi connectivity index (χ1v) is 9.06. The van der Waals surface area contributed by atoms with Crippen LogP contribution in [-0.4, -0.2) is 45.7 Å². The number of hydrogen-bond acceptors (Lipinski definition) is 3. The molecule has 0 spiro atoms. The van der Waals surface area contributed by atoms with Crippen molar-refractivity contribution in [1.82, 2.24) is 4.90 Å². The quantitative estimate of drug-likeness (QED) is 0.314. The topological polar surface area (TPSA) is 88.2 Å². The molecule has 1 aromatic rings. The maximum atomic E-state index is 11.6. The van der Waals surface area contributed by atoms with Crippen molar-refractivity contribution in [3.05, 3.63) is 35.9 Å². The van der Waals surface area contributed by atoms with E-state index in [9.17, 15) is 9.90 Å². The first-order valence-electron chi connectivity index (χ1n) is 7.53. The minimum absolute atomic E-state index is 0.0167. The second-order valence-corrected chi connectivity index (χ2v) is 6.57. The van der Waals surface area contributed by atoms with Crippen molar-refractivity contribution in [3.63, 3.8) is 0 Å². The zero-order valence-corrected chi connectivity index (χ0v) is 15.2. The lowest BCUT2D eigenvalue weighted by Crippen LogP contribution is -2.38. The second kappa shape index (κ2) is 8.49. The second-order valence-electron chi connectivity index (χ2n) is 5.69. The van der Waals surface area contributed by atoms with Gasteiger partial charge in [0.05, 0.1) is 12.4 Å². The maximum absolute atomic E-state index is 11.6. The number of halogens is 1. The van der Waals surface area contributed by atoms with Crippen LogP contribution in [0.15, 0.2) is 35.3 Å². The third kappa shape index (κ3) is 4.57. The maximum Gasteiger partial charge on any atom is 0.407 e. The van der Waals surface area contributed by atoms with E-state index >= 15 is 0 Å². The van der Waals surface area contributed by atoms with E-state index in [0.717, 1.165) is 9.99 Å². The summed E-state index contributed by atoms with van der Waals surface area (Å²) in [6.45, 7) is 2.84. The van der Waals surface area contributed by atoms with Gasteiger partial charge in [-0.3, -0.25) is 0 Å². The summed E-state index contributed by atoms with van der Waals surface area (Å²) in [7, 11) is 0. The number of rotatable bonds is 6. The number of aliphatic imine (C=N–C) groups is 1. The van der Waals surface area contributed by atoms with Gasteiger partial charge < -0.3 is 20.5 Å². The molecule has 1 aromatic carbocycles. The number of amides is 1. The molecule has 1 aliphatic rings. The van der Waals surface area contributed by atoms with Crippen molar-refractivity contribution in [2.24, 2.45) is 22.6 Å². The Labute approximate surface area is 149 Å². The highest BCUT2D eigenvalue weighted by Gasteiger charge is 2.42. The zero-order valence-electron chi connectivity index (χ0n) is 13.0. The molecule has 0 bridgehead atoms. The highest BCUT2D eigenvalue weighted by atomic mass is 127. The molecular weight excluding hydrogens is 409 g/mol. The standard InChI is InChI=1S/C16H22IN3O3/c1-11-13(14(7-17)23-15(11)19-10-18)9-20(16(21)22)8-12-5-3-2-4-6-12/h2-6,10-11,13-15H,7-9H2,1H3,(H2,18,19)(H,21,22)/t11-,13+,14-,15-/m1/s1. The fourth-order valence-electron chi connectivity index (χ4n) is 2.91. The highest BCUT2D eigenvalue weighted by Crippen LogP contribution is 2.35. The average molecular weight is 431 g/mol. The van der Waals surface area contributed by atoms with Crippen LogP contribution in [0.3, 0.4) is 0 Å². The Morgan fingerprint density at radius 3 is 2.74 bits per heavy atom. The molecule has 1 saturated heterocycles. The third-order valence-electron chi connectivity index (χ3n) is 4.22. The van der Waals surface area contributed by atoms with Gasteiger partial charge >= 0.3 is 6.09 Å². The average Bonchev–Trinajstić information content (AvgIpc) is 2.84. The number of carboxylic acid groups (broad SMARTS) is 1. The van der Waals surface area contributed by atoms with Gasteiger partial charge in [0.1, 0.15) is 0 Å². The fraction of sp³-hybridized carbons (Fsp3) is 0.500. The predicted molar refractivity (Wildman–Crippen MR) is 97.8 cm³/mol. The first kappa shape index (κ1) is 18.0. The molecule has 6 nitrogen and oxygen atoms in total. The van der Waals surface area contributed by atoms with Crippen LogP contribution >= 0.6 is 22.6 Å². The summed E-state index contributed by atoms with van der Waals surface area (Å²) < 4.78 is 6.70. The van der Waals surface area contributed by atoms with Crippen molar-refractivity contribution in [3.8, 4) is 0 Å². The number of benzene rings is 1. The Kier molecular flexibility index (Phi) is 6.64. The van der Waals surface area contributed by atoms with Crippen LogP contribution in [0.4, 0.5) is 4.79 Å². The van der Waals surface area contributed by atoms with Crippen LogP contribution in [0, 0.1) is 11.8 Å². The summed E-state index contributed by atoms with van der Waals surface area (Å²) >= 11 is 2.27. The number of ether oxygens (including phenoxy) is 1. The molecule has 1 heterocycles. The summed E-state index contributed by atoms with van der Waals surface area (Å²) in [5, 5.41) is 9.54. The van der Waals surface area contributed by atoms with Crippen molar-refractivity contribution in [2.45, 2.75) is 25.8 Å². The molecule has 3 N–H and O–H groups in total. The molecule has 0 saturated carbocycles. The van der Waals surface area contributed by atoms with Gasteiger partial charge in [0, 0.05) is 29.4 Å². The largest absolute Gasteiger partial charge is 0.465 e. The number of nitrogens with two attached hydrogens (primary N) is 1. The molecule has 0 aliphatic carbocycles. The number of carbonyl (C=O) groups is 1. The van der Waals surface area contributed by atoms with E-state index in [-0.39, 0.29) is 24.2 Å². The Hall–Kier alpha value is -1.35. The number of hydrogen-bond donors (Lipinski definition) is 2. The molecule has 2 rings (SSSR count). The van der Waals surface area contributed by atoms with E-state index < -0.39 is 6.09 Å². The Morgan fingerprint density at radius 1 is 1.48 bits per heavy atom. The van der Waals surface area contributed by atoms with Crippen molar-refractivity contribution in [2.75, 3.05) is 11.0 Å². The normalized spacial score (nSPS) is 27.4. The van der Waals surface area contributed by atoms with E-state index in [1.165, 1.54) is 11.2 Å². The lowest BCUT2D eigenvalue weighted by atomic mass is 9.91. The van der Waals surface area contributed by atoms with E-state index in [1.807, 2.05) is 37.3 Å². The third-order valence-corrected chi connectivity index (χ3v) is 5.09. The smallest absolute Gasteiger partial charge is 0.407 e. The van der Waals surface area contributed by atoms with Crippen LogP contribution in [0.25, 0.3) is 0 Å². The SMILES string of the molecule is C[C@@H]1[C@H](CN(Cc2ccccc2)C(=O)O)[C@@H](CI)O[C@H]1N=CN. The molecule has 126 valence electrons. The summed E-state index contributed by atoms with van der Waals surface area (Å²) in [6.07, 6.45) is 0.0281. The molecule has 0 radical (unpaired) electrons. The Bertz CT molecular complexity index is 541. The molecule has 1 aliphatic heterocycles. The Morgan fingerprint density at radius 2 is 2.17 bits per heavy atom. The van der Waals surface area contributed by atoms with Gasteiger partial charge in [-0.15, -0.1) is 0 Å². The first-order chi connectivity index (χ1) is 11.1. The minimum atomic E-state index is -0.918. The van der Waals surface area contributed by atoms with Crippen LogP contribution in [0.1, 0.15) is 12.5 Å². The van der Waals surface area contributed by atoms with Crippen LogP contribution < -0.4 is 5.73 Å². The summed E-state index contributed by atoms with van der Waals surface area (Å²) in [5.41, 5.74) is 6.35. The summed E-state index contributed by atoms with van der Waals surface area (Å²) in [4.78, 5) is 17.2. The highest BCUT2D eigenvalue weighted by molar-refractivity contribution is 14.1. The van der Waals surface area contributed by atoms with E-state index in [1.54, 1.807) is 0 Å². The molecule has 4 atom stereocenters. The van der Waals surface area contributed by atoms with Crippen molar-refractivity contribution < 1.29 is 14.6 Å². The number of nitrogens with zero attached hydrogens (tertiary/aromatic N) is 2. The number of alkyl halides is 1. The van der Waals surface area contributed by atoms with Gasteiger partial charge in [-0.25, -0.2) is 9.79 Å². The molecule has 1 fully saturated rings. The summed E-state index contributed by atoms with van der Waals surface area (Å²) in [6, 6.07) is 9.61. The van der Waals surface area contributed by atoms with Gasteiger partial charge in [0.2, 0.25) is 0 Å². The monoisotopic (exact) mass is 431 g/mol. The fourth-order valence-corrected chi connectivity index (χ4v) is 3.77. The minimum Gasteiger partial charge on any atom is -0.465 e. The lowest BCUT2D eigenvalue weighted by Gasteiger charge is -2.27. The van der Waals surface area contributed by atoms with Gasteiger partial charge in [-0.1, -0.05) is 59.8 Å². The molecule has 23 heavy (non-hydrogen) atoms. The van der Waals surface area contributed by atoms with Crippen molar-refractivity contribution >= 4 is 35.0 Å². The Balaban J connectivity index is 2.10. The van der Waals surface area contributed by atoms with Crippen LogP contribution in [0.5, 0.6) is 0 Å². The van der Waals surface area contributed by atoms with Gasteiger partial charge in [-0.2, -0.15) is 0 Å². The van der Waals surface area contributed by atoms with Crippen molar-refractivity contribution in [1.29, 1.82) is 0 Å². The van der Waals surface area contributed by atoms with E-state index in [4.69, 9.17) is 10.5 Å². The molecular formula is C16H22IN3O3. The van der Waals surface area contributed by atoms with Crippen LogP contribution in [0.2, 0.25) is 0 Å². The van der Waals surface area contributed by atoms with Crippen LogP contribution in [-0.2, 0) is 11.3 Å². The molecule has 7 heteroatoms. The van der Waals surface area contributed by atoms with Gasteiger partial charge in [-0.05, 0) is 5.56 Å². The van der Waals surface area contributed by atoms with E-state index in [2.05, 4.69) is 27.6 Å². The van der Waals surface area contributed by atoms with Gasteiger partial charge in [0.15, 0.2) is 6.23 Å². The van der Waals surface area contributed by atoms with E-state index in [0.29, 0.717) is 13.1 Å². The molecule has 1 amide bonds. The predicted octanol–water partition coefficient (Wildman–Crippen LogP) is 2.57.